The Balaban J connectivity index is 3.07. The molecule has 0 amide bonds. The van der Waals surface area contributed by atoms with E-state index in [1.165, 1.54) is 5.56 Å². The zero-order valence-electron chi connectivity index (χ0n) is 8.37. The van der Waals surface area contributed by atoms with Crippen molar-refractivity contribution < 1.29 is 4.74 Å². The summed E-state index contributed by atoms with van der Waals surface area (Å²) in [5.41, 5.74) is 7.79. The molecule has 0 bridgehead atoms. The highest BCUT2D eigenvalue weighted by Crippen LogP contribution is 2.27. The second-order valence-electron chi connectivity index (χ2n) is 3.06. The summed E-state index contributed by atoms with van der Waals surface area (Å²) < 4.78 is 5.23. The maximum atomic E-state index is 5.55. The summed E-state index contributed by atoms with van der Waals surface area (Å²) in [5, 5.41) is 0. The van der Waals surface area contributed by atoms with E-state index < -0.39 is 0 Å². The van der Waals surface area contributed by atoms with E-state index in [1.807, 2.05) is 31.0 Å². The van der Waals surface area contributed by atoms with E-state index in [4.69, 9.17) is 10.5 Å². The van der Waals surface area contributed by atoms with Crippen LogP contribution in [0.1, 0.15) is 5.56 Å². The molecular formula is C10H16N2O. The number of methoxy groups -OCH3 is 1. The summed E-state index contributed by atoms with van der Waals surface area (Å²) in [6, 6.07) is 6.04. The highest BCUT2D eigenvalue weighted by Gasteiger charge is 2.05. The SMILES string of the molecule is COc1ccc(C)cc1N(C)CN. The van der Waals surface area contributed by atoms with Crippen LogP contribution < -0.4 is 15.4 Å². The molecule has 0 atom stereocenters. The molecule has 0 aromatic heterocycles. The molecule has 1 aromatic rings. The van der Waals surface area contributed by atoms with Gasteiger partial charge >= 0.3 is 0 Å². The Labute approximate surface area is 79.1 Å². The molecule has 3 heteroatoms. The van der Waals surface area contributed by atoms with Crippen LogP contribution in [0.3, 0.4) is 0 Å². The maximum Gasteiger partial charge on any atom is 0.142 e. The van der Waals surface area contributed by atoms with Crippen LogP contribution in [0.25, 0.3) is 0 Å². The van der Waals surface area contributed by atoms with E-state index in [2.05, 4.69) is 6.07 Å². The molecule has 0 saturated heterocycles. The van der Waals surface area contributed by atoms with E-state index in [0.29, 0.717) is 6.67 Å². The Morgan fingerprint density at radius 2 is 2.15 bits per heavy atom. The Hall–Kier alpha value is -1.22. The zero-order valence-corrected chi connectivity index (χ0v) is 8.37. The number of hydrogen-bond donors (Lipinski definition) is 1. The minimum Gasteiger partial charge on any atom is -0.495 e. The van der Waals surface area contributed by atoms with Gasteiger partial charge < -0.3 is 15.4 Å². The van der Waals surface area contributed by atoms with Crippen molar-refractivity contribution in [2.24, 2.45) is 5.73 Å². The lowest BCUT2D eigenvalue weighted by molar-refractivity contribution is 0.415. The summed E-state index contributed by atoms with van der Waals surface area (Å²) in [5.74, 6) is 0.860. The third-order valence-electron chi connectivity index (χ3n) is 2.02. The monoisotopic (exact) mass is 180 g/mol. The number of rotatable bonds is 3. The summed E-state index contributed by atoms with van der Waals surface area (Å²) in [6.45, 7) is 2.53. The first kappa shape index (κ1) is 9.86. The minimum absolute atomic E-state index is 0.486. The topological polar surface area (TPSA) is 38.5 Å². The van der Waals surface area contributed by atoms with Crippen molar-refractivity contribution in [1.29, 1.82) is 0 Å². The van der Waals surface area contributed by atoms with Crippen LogP contribution in [0.4, 0.5) is 5.69 Å². The average Bonchev–Trinajstić information content (AvgIpc) is 2.16. The number of benzene rings is 1. The van der Waals surface area contributed by atoms with Crippen molar-refractivity contribution in [1.82, 2.24) is 0 Å². The highest BCUT2D eigenvalue weighted by molar-refractivity contribution is 5.59. The summed E-state index contributed by atoms with van der Waals surface area (Å²) >= 11 is 0. The first-order chi connectivity index (χ1) is 6.19. The van der Waals surface area contributed by atoms with Gasteiger partial charge in [0.15, 0.2) is 0 Å². The van der Waals surface area contributed by atoms with E-state index >= 15 is 0 Å². The van der Waals surface area contributed by atoms with Gasteiger partial charge in [0.05, 0.1) is 19.5 Å². The predicted molar refractivity (Wildman–Crippen MR) is 55.2 cm³/mol. The van der Waals surface area contributed by atoms with Gasteiger partial charge in [-0.05, 0) is 24.6 Å². The van der Waals surface area contributed by atoms with Gasteiger partial charge in [-0.3, -0.25) is 0 Å². The fraction of sp³-hybridized carbons (Fsp3) is 0.400. The van der Waals surface area contributed by atoms with Crippen molar-refractivity contribution in [2.75, 3.05) is 25.7 Å². The number of anilines is 1. The van der Waals surface area contributed by atoms with Crippen LogP contribution in [0, 0.1) is 6.92 Å². The van der Waals surface area contributed by atoms with Gasteiger partial charge in [0.1, 0.15) is 5.75 Å². The summed E-state index contributed by atoms with van der Waals surface area (Å²) in [7, 11) is 3.61. The van der Waals surface area contributed by atoms with Gasteiger partial charge in [-0.15, -0.1) is 0 Å². The van der Waals surface area contributed by atoms with E-state index in [-0.39, 0.29) is 0 Å². The fourth-order valence-electron chi connectivity index (χ4n) is 1.20. The van der Waals surface area contributed by atoms with Crippen molar-refractivity contribution in [2.45, 2.75) is 6.92 Å². The van der Waals surface area contributed by atoms with Gasteiger partial charge in [-0.1, -0.05) is 6.07 Å². The predicted octanol–water partition coefficient (Wildman–Crippen LogP) is 1.36. The zero-order chi connectivity index (χ0) is 9.84. The lowest BCUT2D eigenvalue weighted by Gasteiger charge is -2.19. The Morgan fingerprint density at radius 3 is 2.69 bits per heavy atom. The van der Waals surface area contributed by atoms with Crippen LogP contribution in [0.5, 0.6) is 5.75 Å². The molecule has 0 fully saturated rings. The standard InChI is InChI=1S/C10H16N2O/c1-8-4-5-10(13-3)9(6-8)12(2)7-11/h4-6H,7,11H2,1-3H3. The van der Waals surface area contributed by atoms with Crippen molar-refractivity contribution in [3.8, 4) is 5.75 Å². The largest absolute Gasteiger partial charge is 0.495 e. The van der Waals surface area contributed by atoms with Crippen molar-refractivity contribution in [3.63, 3.8) is 0 Å². The Morgan fingerprint density at radius 1 is 1.46 bits per heavy atom. The first-order valence-corrected chi connectivity index (χ1v) is 4.25. The van der Waals surface area contributed by atoms with Gasteiger partial charge in [0, 0.05) is 7.05 Å². The molecular weight excluding hydrogens is 164 g/mol. The molecule has 1 rings (SSSR count). The first-order valence-electron chi connectivity index (χ1n) is 4.25. The summed E-state index contributed by atoms with van der Waals surface area (Å²) in [6.07, 6.45) is 0. The third kappa shape index (κ3) is 2.12. The lowest BCUT2D eigenvalue weighted by atomic mass is 10.2. The molecule has 0 radical (unpaired) electrons. The quantitative estimate of drug-likeness (QED) is 0.714. The van der Waals surface area contributed by atoms with Crippen LogP contribution in [0.15, 0.2) is 18.2 Å². The normalized spacial score (nSPS) is 9.85. The third-order valence-corrected chi connectivity index (χ3v) is 2.02. The second kappa shape index (κ2) is 4.14. The van der Waals surface area contributed by atoms with E-state index in [9.17, 15) is 0 Å². The van der Waals surface area contributed by atoms with Crippen molar-refractivity contribution >= 4 is 5.69 Å². The molecule has 0 saturated carbocycles. The lowest BCUT2D eigenvalue weighted by Crippen LogP contribution is -2.25. The molecule has 0 spiro atoms. The molecule has 72 valence electrons. The van der Waals surface area contributed by atoms with Crippen LogP contribution >= 0.6 is 0 Å². The van der Waals surface area contributed by atoms with Gasteiger partial charge in [0.25, 0.3) is 0 Å². The van der Waals surface area contributed by atoms with E-state index in [0.717, 1.165) is 11.4 Å². The van der Waals surface area contributed by atoms with Crippen molar-refractivity contribution in [3.05, 3.63) is 23.8 Å². The molecule has 1 aromatic carbocycles. The van der Waals surface area contributed by atoms with Gasteiger partial charge in [0.2, 0.25) is 0 Å². The average molecular weight is 180 g/mol. The number of hydrogen-bond acceptors (Lipinski definition) is 3. The van der Waals surface area contributed by atoms with Gasteiger partial charge in [-0.2, -0.15) is 0 Å². The molecule has 13 heavy (non-hydrogen) atoms. The van der Waals surface area contributed by atoms with E-state index in [1.54, 1.807) is 7.11 Å². The number of aryl methyl sites for hydroxylation is 1. The smallest absolute Gasteiger partial charge is 0.142 e. The Bertz CT molecular complexity index is 286. The molecule has 0 aliphatic heterocycles. The molecule has 0 aliphatic rings. The fourth-order valence-corrected chi connectivity index (χ4v) is 1.20. The highest BCUT2D eigenvalue weighted by atomic mass is 16.5. The van der Waals surface area contributed by atoms with Crippen LogP contribution in [0.2, 0.25) is 0 Å². The number of ether oxygens (including phenoxy) is 1. The van der Waals surface area contributed by atoms with Crippen LogP contribution in [-0.2, 0) is 0 Å². The second-order valence-corrected chi connectivity index (χ2v) is 3.06. The van der Waals surface area contributed by atoms with Crippen LogP contribution in [-0.4, -0.2) is 20.8 Å². The maximum absolute atomic E-state index is 5.55. The molecule has 0 heterocycles. The molecule has 2 N–H and O–H groups in total. The molecule has 0 unspecified atom stereocenters. The van der Waals surface area contributed by atoms with Gasteiger partial charge in [-0.25, -0.2) is 0 Å². The molecule has 3 nitrogen and oxygen atoms in total. The number of nitrogens with zero attached hydrogens (tertiary/aromatic N) is 1. The summed E-state index contributed by atoms with van der Waals surface area (Å²) in [4.78, 5) is 1.95. The minimum atomic E-state index is 0.486. The molecule has 0 aliphatic carbocycles. The Kier molecular flexibility index (Phi) is 3.14. The number of nitrogens with two attached hydrogens (primary N) is 1.